The number of carboxylic acids is 1. The average molecular weight is 474 g/mol. The first-order chi connectivity index (χ1) is 16.9. The third-order valence-electron chi connectivity index (χ3n) is 6.23. The van der Waals surface area contributed by atoms with E-state index in [9.17, 15) is 19.1 Å². The van der Waals surface area contributed by atoms with Crippen LogP contribution in [-0.4, -0.2) is 50.1 Å². The summed E-state index contributed by atoms with van der Waals surface area (Å²) in [5, 5.41) is 10.5. The molecule has 1 N–H and O–H groups in total. The Morgan fingerprint density at radius 1 is 1.20 bits per heavy atom. The predicted octanol–water partition coefficient (Wildman–Crippen LogP) is 3.84. The van der Waals surface area contributed by atoms with Crippen LogP contribution in [0.3, 0.4) is 0 Å². The van der Waals surface area contributed by atoms with E-state index < -0.39 is 17.8 Å². The Morgan fingerprint density at radius 2 is 2.06 bits per heavy atom. The number of carboxylic acid groups (broad SMARTS) is 1. The lowest BCUT2D eigenvalue weighted by Crippen LogP contribution is -2.43. The highest BCUT2D eigenvalue weighted by Gasteiger charge is 2.33. The molecular formula is C26H23FN4O4. The van der Waals surface area contributed by atoms with Gasteiger partial charge in [0, 0.05) is 43.0 Å². The Morgan fingerprint density at radius 3 is 2.83 bits per heavy atom. The number of amides is 1. The number of fused-ring (bicyclic) bond motifs is 2. The lowest BCUT2D eigenvalue weighted by molar-refractivity contribution is -0.138. The van der Waals surface area contributed by atoms with Crippen molar-refractivity contribution in [2.24, 2.45) is 0 Å². The van der Waals surface area contributed by atoms with Gasteiger partial charge in [0.2, 0.25) is 0 Å². The third kappa shape index (κ3) is 4.44. The number of aliphatic carboxylic acids is 1. The first kappa shape index (κ1) is 22.5. The van der Waals surface area contributed by atoms with E-state index in [2.05, 4.69) is 9.97 Å². The molecule has 0 saturated heterocycles. The minimum absolute atomic E-state index is 0.0591. The monoisotopic (exact) mass is 474 g/mol. The van der Waals surface area contributed by atoms with E-state index in [0.717, 1.165) is 16.6 Å². The number of rotatable bonds is 7. The fraction of sp³-hybridized carbons (Fsp3) is 0.231. The van der Waals surface area contributed by atoms with Gasteiger partial charge in [-0.1, -0.05) is 6.07 Å². The van der Waals surface area contributed by atoms with Gasteiger partial charge in [0.25, 0.3) is 5.91 Å². The average Bonchev–Trinajstić information content (AvgIpc) is 3.26. The second kappa shape index (κ2) is 9.17. The number of hydrogen-bond acceptors (Lipinski definition) is 5. The van der Waals surface area contributed by atoms with Crippen molar-refractivity contribution in [1.82, 2.24) is 19.4 Å². The zero-order valence-electron chi connectivity index (χ0n) is 19.0. The molecule has 1 amide bonds. The predicted molar refractivity (Wildman–Crippen MR) is 126 cm³/mol. The van der Waals surface area contributed by atoms with Gasteiger partial charge in [-0.25, -0.2) is 14.4 Å². The van der Waals surface area contributed by atoms with Gasteiger partial charge >= 0.3 is 5.97 Å². The highest BCUT2D eigenvalue weighted by atomic mass is 19.1. The van der Waals surface area contributed by atoms with Crippen molar-refractivity contribution >= 4 is 22.9 Å². The van der Waals surface area contributed by atoms with Gasteiger partial charge in [0.15, 0.2) is 17.2 Å². The first-order valence-electron chi connectivity index (χ1n) is 11.2. The summed E-state index contributed by atoms with van der Waals surface area (Å²) < 4.78 is 21.2. The van der Waals surface area contributed by atoms with Crippen molar-refractivity contribution in [1.29, 1.82) is 0 Å². The maximum Gasteiger partial charge on any atom is 0.305 e. The standard InChI is InChI=1S/C26H23FN4O4/c1-35-23-7-5-18(13-20(23)27)21(14-24(32)33)31-10-9-30-15-16(12-22(30)26(31)34)11-19-6-4-17-3-2-8-28-25(17)29-19/h2-8,12-13,15,21H,9-11,14H2,1H3,(H,32,33). The topological polar surface area (TPSA) is 97.6 Å². The fourth-order valence-corrected chi connectivity index (χ4v) is 4.56. The van der Waals surface area contributed by atoms with E-state index in [1.54, 1.807) is 12.3 Å². The van der Waals surface area contributed by atoms with E-state index >= 15 is 0 Å². The van der Waals surface area contributed by atoms with Gasteiger partial charge in [-0.2, -0.15) is 0 Å². The number of aromatic nitrogens is 3. The summed E-state index contributed by atoms with van der Waals surface area (Å²) in [7, 11) is 1.36. The Kier molecular flexibility index (Phi) is 5.90. The molecule has 1 aromatic carbocycles. The Labute approximate surface area is 200 Å². The van der Waals surface area contributed by atoms with Crippen molar-refractivity contribution < 1.29 is 23.8 Å². The molecule has 3 aromatic heterocycles. The molecule has 1 aliphatic heterocycles. The molecular weight excluding hydrogens is 451 g/mol. The van der Waals surface area contributed by atoms with Gasteiger partial charge in [0.05, 0.1) is 19.6 Å². The van der Waals surface area contributed by atoms with Gasteiger partial charge in [-0.15, -0.1) is 0 Å². The molecule has 5 rings (SSSR count). The van der Waals surface area contributed by atoms with E-state index in [1.807, 2.05) is 41.1 Å². The number of halogens is 1. The molecule has 178 valence electrons. The summed E-state index contributed by atoms with van der Waals surface area (Å²) in [6.07, 6.45) is 3.82. The van der Waals surface area contributed by atoms with Crippen LogP contribution in [0.15, 0.2) is 60.9 Å². The maximum atomic E-state index is 14.4. The number of carbonyl (C=O) groups is 2. The van der Waals surface area contributed by atoms with E-state index in [4.69, 9.17) is 4.74 Å². The molecule has 4 heterocycles. The van der Waals surface area contributed by atoms with Crippen LogP contribution in [-0.2, 0) is 17.8 Å². The van der Waals surface area contributed by atoms with Crippen molar-refractivity contribution in [3.8, 4) is 5.75 Å². The number of methoxy groups -OCH3 is 1. The normalized spacial score (nSPS) is 14.1. The number of pyridine rings is 2. The second-order valence-corrected chi connectivity index (χ2v) is 8.46. The van der Waals surface area contributed by atoms with Crippen LogP contribution in [0, 0.1) is 5.82 Å². The highest BCUT2D eigenvalue weighted by Crippen LogP contribution is 2.32. The molecule has 0 spiro atoms. The Balaban J connectivity index is 1.41. The SMILES string of the molecule is COc1ccc(C(CC(=O)O)N2CCn3cc(Cc4ccc5cccnc5n4)cc3C2=O)cc1F. The molecule has 0 aliphatic carbocycles. The number of ether oxygens (including phenoxy) is 1. The smallest absolute Gasteiger partial charge is 0.305 e. The van der Waals surface area contributed by atoms with Crippen LogP contribution in [0.2, 0.25) is 0 Å². The molecule has 35 heavy (non-hydrogen) atoms. The molecule has 0 saturated carbocycles. The quantitative estimate of drug-likeness (QED) is 0.437. The van der Waals surface area contributed by atoms with Crippen molar-refractivity contribution in [2.75, 3.05) is 13.7 Å². The van der Waals surface area contributed by atoms with Crippen LogP contribution in [0.4, 0.5) is 4.39 Å². The van der Waals surface area contributed by atoms with Gasteiger partial charge in [0.1, 0.15) is 5.69 Å². The van der Waals surface area contributed by atoms with Crippen LogP contribution < -0.4 is 4.74 Å². The Hall–Kier alpha value is -4.27. The molecule has 1 aliphatic rings. The molecule has 1 unspecified atom stereocenters. The summed E-state index contributed by atoms with van der Waals surface area (Å²) in [5.41, 5.74) is 3.30. The molecule has 0 fully saturated rings. The Bertz CT molecular complexity index is 1430. The second-order valence-electron chi connectivity index (χ2n) is 8.46. The summed E-state index contributed by atoms with van der Waals surface area (Å²) >= 11 is 0. The number of benzene rings is 1. The van der Waals surface area contributed by atoms with Crippen molar-refractivity contribution in [3.63, 3.8) is 0 Å². The minimum Gasteiger partial charge on any atom is -0.494 e. The first-order valence-corrected chi connectivity index (χ1v) is 11.2. The fourth-order valence-electron chi connectivity index (χ4n) is 4.56. The van der Waals surface area contributed by atoms with Crippen molar-refractivity contribution in [2.45, 2.75) is 25.4 Å². The van der Waals surface area contributed by atoms with Gasteiger partial charge < -0.3 is 19.3 Å². The van der Waals surface area contributed by atoms with Crippen LogP contribution in [0.1, 0.15) is 39.8 Å². The summed E-state index contributed by atoms with van der Waals surface area (Å²) in [6, 6.07) is 13.0. The lowest BCUT2D eigenvalue weighted by Gasteiger charge is -2.35. The number of carbonyl (C=O) groups excluding carboxylic acids is 1. The minimum atomic E-state index is -1.07. The summed E-state index contributed by atoms with van der Waals surface area (Å²) in [5.74, 6) is -1.91. The van der Waals surface area contributed by atoms with Gasteiger partial charge in [-0.05, 0) is 53.6 Å². The molecule has 4 aromatic rings. The highest BCUT2D eigenvalue weighted by molar-refractivity contribution is 5.94. The summed E-state index contributed by atoms with van der Waals surface area (Å²) in [4.78, 5) is 35.5. The zero-order chi connectivity index (χ0) is 24.5. The lowest BCUT2D eigenvalue weighted by atomic mass is 10.00. The number of nitrogens with zero attached hydrogens (tertiary/aromatic N) is 4. The van der Waals surface area contributed by atoms with Crippen LogP contribution in [0.5, 0.6) is 5.75 Å². The summed E-state index contributed by atoms with van der Waals surface area (Å²) in [6.45, 7) is 0.812. The van der Waals surface area contributed by atoms with E-state index in [-0.39, 0.29) is 18.1 Å². The zero-order valence-corrected chi connectivity index (χ0v) is 19.0. The molecule has 8 nitrogen and oxygen atoms in total. The van der Waals surface area contributed by atoms with Crippen molar-refractivity contribution in [3.05, 3.63) is 89.3 Å². The molecule has 9 heteroatoms. The largest absolute Gasteiger partial charge is 0.494 e. The molecule has 1 atom stereocenters. The number of hydrogen-bond donors (Lipinski definition) is 1. The van der Waals surface area contributed by atoms with Crippen LogP contribution >= 0.6 is 0 Å². The molecule has 0 bridgehead atoms. The maximum absolute atomic E-state index is 14.4. The van der Waals surface area contributed by atoms with Gasteiger partial charge in [-0.3, -0.25) is 9.59 Å². The van der Waals surface area contributed by atoms with Crippen LogP contribution in [0.25, 0.3) is 11.0 Å². The van der Waals surface area contributed by atoms with E-state index in [0.29, 0.717) is 36.4 Å². The van der Waals surface area contributed by atoms with E-state index in [1.165, 1.54) is 24.1 Å². The third-order valence-corrected chi connectivity index (χ3v) is 6.23. The molecule has 0 radical (unpaired) electrons.